The van der Waals surface area contributed by atoms with Gasteiger partial charge in [0.25, 0.3) is 0 Å². The number of benzene rings is 1. The van der Waals surface area contributed by atoms with E-state index in [1.54, 1.807) is 0 Å². The molecule has 2 heterocycles. The lowest BCUT2D eigenvalue weighted by atomic mass is 10.1. The van der Waals surface area contributed by atoms with Crippen molar-refractivity contribution in [2.24, 2.45) is 7.05 Å². The molecular weight excluding hydrogens is 308 g/mol. The smallest absolute Gasteiger partial charge is 0.317 e. The van der Waals surface area contributed by atoms with Crippen molar-refractivity contribution in [3.05, 3.63) is 30.0 Å². The highest BCUT2D eigenvalue weighted by Crippen LogP contribution is 2.18. The number of para-hydroxylation sites is 1. The summed E-state index contributed by atoms with van der Waals surface area (Å²) in [6.07, 6.45) is 1.83. The first-order chi connectivity index (χ1) is 11.2. The van der Waals surface area contributed by atoms with Crippen LogP contribution in [-0.2, 0) is 13.5 Å². The van der Waals surface area contributed by atoms with Gasteiger partial charge in [0, 0.05) is 43.7 Å². The van der Waals surface area contributed by atoms with Gasteiger partial charge in [-0.05, 0) is 25.2 Å². The molecule has 0 unspecified atom stereocenters. The van der Waals surface area contributed by atoms with Gasteiger partial charge in [0.1, 0.15) is 0 Å². The fourth-order valence-electron chi connectivity index (χ4n) is 3.06. The lowest BCUT2D eigenvalue weighted by Gasteiger charge is -2.26. The van der Waals surface area contributed by atoms with E-state index in [1.807, 2.05) is 40.5 Å². The monoisotopic (exact) mass is 332 g/mol. The van der Waals surface area contributed by atoms with Crippen LogP contribution >= 0.6 is 11.8 Å². The summed E-state index contributed by atoms with van der Waals surface area (Å²) in [4.78, 5) is 14.4. The van der Waals surface area contributed by atoms with Gasteiger partial charge in [-0.25, -0.2) is 4.79 Å². The van der Waals surface area contributed by atoms with E-state index in [-0.39, 0.29) is 6.03 Å². The predicted molar refractivity (Wildman–Crippen MR) is 95.9 cm³/mol. The van der Waals surface area contributed by atoms with E-state index < -0.39 is 0 Å². The predicted octanol–water partition coefficient (Wildman–Crippen LogP) is 2.65. The van der Waals surface area contributed by atoms with Gasteiger partial charge in [0.15, 0.2) is 0 Å². The van der Waals surface area contributed by atoms with E-state index in [9.17, 15) is 4.79 Å². The van der Waals surface area contributed by atoms with Crippen LogP contribution in [-0.4, -0.2) is 51.3 Å². The van der Waals surface area contributed by atoms with Crippen molar-refractivity contribution in [1.82, 2.24) is 20.0 Å². The molecule has 124 valence electrons. The Morgan fingerprint density at radius 2 is 2.22 bits per heavy atom. The largest absolute Gasteiger partial charge is 0.338 e. The van der Waals surface area contributed by atoms with Crippen LogP contribution in [0.3, 0.4) is 0 Å². The van der Waals surface area contributed by atoms with Gasteiger partial charge >= 0.3 is 6.03 Å². The van der Waals surface area contributed by atoms with Crippen molar-refractivity contribution in [1.29, 1.82) is 0 Å². The van der Waals surface area contributed by atoms with Crippen LogP contribution in [0.1, 0.15) is 19.0 Å². The Kier molecular flexibility index (Phi) is 5.10. The average molecular weight is 332 g/mol. The quantitative estimate of drug-likeness (QED) is 0.940. The topological polar surface area (TPSA) is 50.2 Å². The maximum absolute atomic E-state index is 12.4. The minimum absolute atomic E-state index is 0.0558. The van der Waals surface area contributed by atoms with Gasteiger partial charge in [-0.2, -0.15) is 16.9 Å². The molecular formula is C17H24N4OS. The molecule has 0 spiro atoms. The van der Waals surface area contributed by atoms with E-state index in [1.165, 1.54) is 5.39 Å². The highest BCUT2D eigenvalue weighted by atomic mass is 32.2. The number of urea groups is 1. The zero-order valence-electron chi connectivity index (χ0n) is 13.8. The number of aromatic nitrogens is 2. The number of nitrogens with one attached hydrogen (secondary N) is 1. The average Bonchev–Trinajstić information content (AvgIpc) is 2.72. The molecule has 0 aliphatic carbocycles. The van der Waals surface area contributed by atoms with E-state index >= 15 is 0 Å². The number of nitrogens with zero attached hydrogens (tertiary/aromatic N) is 3. The molecule has 1 atom stereocenters. The maximum atomic E-state index is 12.4. The second-order valence-electron chi connectivity index (χ2n) is 6.01. The van der Waals surface area contributed by atoms with Crippen LogP contribution in [0, 0.1) is 0 Å². The fraction of sp³-hybridized carbons (Fsp3) is 0.529. The van der Waals surface area contributed by atoms with E-state index in [4.69, 9.17) is 0 Å². The molecule has 5 nitrogen and oxygen atoms in total. The standard InChI is InChI=1S/C17H24N4OS/c1-13-8-11-23-12-10-21(13)17(22)18-9-7-15-14-5-3-4-6-16(14)20(2)19-15/h3-6,13H,7-12H2,1-2H3,(H,18,22)/t13-/m0/s1. The summed E-state index contributed by atoms with van der Waals surface area (Å²) in [5.41, 5.74) is 2.18. The fourth-order valence-corrected chi connectivity index (χ4v) is 4.10. The Labute approximate surface area is 141 Å². The summed E-state index contributed by atoms with van der Waals surface area (Å²) >= 11 is 1.93. The Morgan fingerprint density at radius 1 is 1.39 bits per heavy atom. The molecule has 0 bridgehead atoms. The maximum Gasteiger partial charge on any atom is 0.317 e. The first kappa shape index (κ1) is 16.2. The van der Waals surface area contributed by atoms with Crippen LogP contribution in [0.15, 0.2) is 24.3 Å². The van der Waals surface area contributed by atoms with Gasteiger partial charge in [-0.3, -0.25) is 4.68 Å². The van der Waals surface area contributed by atoms with E-state index in [0.717, 1.165) is 42.1 Å². The van der Waals surface area contributed by atoms with Gasteiger partial charge in [0.05, 0.1) is 11.2 Å². The summed E-state index contributed by atoms with van der Waals surface area (Å²) in [5.74, 6) is 2.17. The zero-order chi connectivity index (χ0) is 16.2. The number of aryl methyl sites for hydroxylation is 1. The Balaban J connectivity index is 1.59. The normalized spacial score (nSPS) is 18.9. The molecule has 1 aromatic carbocycles. The van der Waals surface area contributed by atoms with Gasteiger partial charge in [0.2, 0.25) is 0 Å². The SMILES string of the molecule is C[C@H]1CCSCCN1C(=O)NCCc1nn(C)c2ccccc12. The molecule has 6 heteroatoms. The number of rotatable bonds is 3. The highest BCUT2D eigenvalue weighted by Gasteiger charge is 2.21. The molecule has 0 radical (unpaired) electrons. The van der Waals surface area contributed by atoms with Crippen LogP contribution in [0.2, 0.25) is 0 Å². The van der Waals surface area contributed by atoms with Crippen molar-refractivity contribution in [3.63, 3.8) is 0 Å². The molecule has 1 aromatic heterocycles. The Hall–Kier alpha value is -1.69. The molecule has 1 fully saturated rings. The number of carbonyl (C=O) groups excluding carboxylic acids is 1. The molecule has 3 rings (SSSR count). The summed E-state index contributed by atoms with van der Waals surface area (Å²) < 4.78 is 1.90. The van der Waals surface area contributed by atoms with Crippen molar-refractivity contribution < 1.29 is 4.79 Å². The molecule has 1 N–H and O–H groups in total. The first-order valence-corrected chi connectivity index (χ1v) is 9.35. The molecule has 2 aromatic rings. The minimum atomic E-state index is 0.0558. The first-order valence-electron chi connectivity index (χ1n) is 8.19. The van der Waals surface area contributed by atoms with Crippen LogP contribution in [0.25, 0.3) is 10.9 Å². The summed E-state index contributed by atoms with van der Waals surface area (Å²) in [5, 5.41) is 8.81. The Morgan fingerprint density at radius 3 is 3.09 bits per heavy atom. The van der Waals surface area contributed by atoms with Gasteiger partial charge in [-0.15, -0.1) is 0 Å². The van der Waals surface area contributed by atoms with Crippen molar-refractivity contribution in [2.75, 3.05) is 24.6 Å². The van der Waals surface area contributed by atoms with Gasteiger partial charge in [-0.1, -0.05) is 18.2 Å². The summed E-state index contributed by atoms with van der Waals surface area (Å²) in [6.45, 7) is 3.60. The number of hydrogen-bond donors (Lipinski definition) is 1. The summed E-state index contributed by atoms with van der Waals surface area (Å²) in [6, 6.07) is 8.59. The summed E-state index contributed by atoms with van der Waals surface area (Å²) in [7, 11) is 1.96. The van der Waals surface area contributed by atoms with E-state index in [2.05, 4.69) is 29.5 Å². The third kappa shape index (κ3) is 3.63. The molecule has 1 saturated heterocycles. The lowest BCUT2D eigenvalue weighted by molar-refractivity contribution is 0.183. The lowest BCUT2D eigenvalue weighted by Crippen LogP contribution is -2.46. The molecule has 1 aliphatic heterocycles. The second-order valence-corrected chi connectivity index (χ2v) is 7.24. The minimum Gasteiger partial charge on any atom is -0.338 e. The third-order valence-corrected chi connectivity index (χ3v) is 5.42. The molecule has 0 saturated carbocycles. The van der Waals surface area contributed by atoms with Gasteiger partial charge < -0.3 is 10.2 Å². The number of fused-ring (bicyclic) bond motifs is 1. The highest BCUT2D eigenvalue weighted by molar-refractivity contribution is 7.99. The zero-order valence-corrected chi connectivity index (χ0v) is 14.6. The van der Waals surface area contributed by atoms with E-state index in [0.29, 0.717) is 12.6 Å². The second kappa shape index (κ2) is 7.25. The van der Waals surface area contributed by atoms with Crippen LogP contribution < -0.4 is 5.32 Å². The number of thioether (sulfide) groups is 1. The van der Waals surface area contributed by atoms with Crippen molar-refractivity contribution in [3.8, 4) is 0 Å². The molecule has 23 heavy (non-hydrogen) atoms. The molecule has 2 amide bonds. The number of hydrogen-bond acceptors (Lipinski definition) is 3. The van der Waals surface area contributed by atoms with Crippen molar-refractivity contribution in [2.45, 2.75) is 25.8 Å². The van der Waals surface area contributed by atoms with Crippen LogP contribution in [0.5, 0.6) is 0 Å². The van der Waals surface area contributed by atoms with Crippen molar-refractivity contribution >= 4 is 28.7 Å². The third-order valence-electron chi connectivity index (χ3n) is 4.42. The van der Waals surface area contributed by atoms with Crippen LogP contribution in [0.4, 0.5) is 4.79 Å². The number of carbonyl (C=O) groups is 1. The molecule has 1 aliphatic rings. The number of amides is 2. The Bertz CT molecular complexity index is 684.